The van der Waals surface area contributed by atoms with Crippen LogP contribution in [0.1, 0.15) is 46.3 Å². The van der Waals surface area contributed by atoms with Gasteiger partial charge in [-0.05, 0) is 42.3 Å². The van der Waals surface area contributed by atoms with Crippen LogP contribution in [0.2, 0.25) is 15.1 Å². The number of nitrogens with one attached hydrogen (secondary N) is 2. The molecule has 204 valence electrons. The van der Waals surface area contributed by atoms with Crippen LogP contribution in [0.25, 0.3) is 0 Å². The van der Waals surface area contributed by atoms with Gasteiger partial charge in [-0.25, -0.2) is 8.78 Å². The van der Waals surface area contributed by atoms with Crippen molar-refractivity contribution in [2.45, 2.75) is 49.9 Å². The van der Waals surface area contributed by atoms with Crippen molar-refractivity contribution < 1.29 is 36.4 Å². The van der Waals surface area contributed by atoms with Gasteiger partial charge in [0.15, 0.2) is 0 Å². The zero-order valence-corrected chi connectivity index (χ0v) is 21.8. The molecule has 0 saturated heterocycles. The number of hydrogen-bond acceptors (Lipinski definition) is 4. The summed E-state index contributed by atoms with van der Waals surface area (Å²) in [7, 11) is 0. The van der Waals surface area contributed by atoms with Gasteiger partial charge in [0.2, 0.25) is 5.91 Å². The van der Waals surface area contributed by atoms with Crippen LogP contribution in [0.5, 0.6) is 0 Å². The first-order chi connectivity index (χ1) is 17.6. The number of nitrogens with zero attached hydrogens (tertiary/aromatic N) is 1. The fraction of sp³-hybridized carbons (Fsp3) is 0.375. The van der Waals surface area contributed by atoms with Gasteiger partial charge < -0.3 is 15.5 Å². The van der Waals surface area contributed by atoms with Gasteiger partial charge in [-0.15, -0.1) is 0 Å². The lowest BCUT2D eigenvalue weighted by Gasteiger charge is -2.35. The Kier molecular flexibility index (Phi) is 7.59. The SMILES string of the molecule is Cc1cc(C2=NOC(c3cc(Cl)c(Cl)c(Cl)c3)(C(F)(F)F)C2)ccc1C(=O)NCC(=O)NC1CC(F)(F)C1. The molecule has 0 spiro atoms. The molecule has 2 aliphatic rings. The normalized spacial score (nSPS) is 20.8. The van der Waals surface area contributed by atoms with E-state index >= 15 is 0 Å². The zero-order valence-electron chi connectivity index (χ0n) is 19.5. The number of amides is 2. The molecule has 2 aromatic rings. The van der Waals surface area contributed by atoms with Crippen LogP contribution in [0.4, 0.5) is 22.0 Å². The minimum Gasteiger partial charge on any atom is -0.374 e. The lowest BCUT2D eigenvalue weighted by molar-refractivity contribution is -0.275. The second kappa shape index (κ2) is 10.2. The Morgan fingerprint density at radius 3 is 2.29 bits per heavy atom. The molecular weight excluding hydrogens is 580 g/mol. The van der Waals surface area contributed by atoms with Crippen molar-refractivity contribution in [2.75, 3.05) is 6.54 Å². The molecule has 4 rings (SSSR count). The molecular formula is C24H19Cl3F5N3O3. The number of halogens is 8. The van der Waals surface area contributed by atoms with Crippen molar-refractivity contribution in [1.82, 2.24) is 10.6 Å². The van der Waals surface area contributed by atoms with Gasteiger partial charge in [0, 0.05) is 36.4 Å². The Bertz CT molecular complexity index is 1300. The number of hydrogen-bond donors (Lipinski definition) is 2. The van der Waals surface area contributed by atoms with E-state index in [1.54, 1.807) is 6.92 Å². The van der Waals surface area contributed by atoms with Gasteiger partial charge in [-0.3, -0.25) is 9.59 Å². The van der Waals surface area contributed by atoms with E-state index in [4.69, 9.17) is 39.6 Å². The van der Waals surface area contributed by atoms with E-state index in [1.807, 2.05) is 0 Å². The first-order valence-corrected chi connectivity index (χ1v) is 12.3. The maximum absolute atomic E-state index is 14.3. The molecule has 1 fully saturated rings. The number of aryl methyl sites for hydroxylation is 1. The van der Waals surface area contributed by atoms with Gasteiger partial charge in [-0.1, -0.05) is 46.0 Å². The van der Waals surface area contributed by atoms with E-state index < -0.39 is 61.4 Å². The van der Waals surface area contributed by atoms with E-state index in [0.717, 1.165) is 12.1 Å². The molecule has 2 amide bonds. The van der Waals surface area contributed by atoms with E-state index in [-0.39, 0.29) is 37.5 Å². The highest BCUT2D eigenvalue weighted by atomic mass is 35.5. The minimum atomic E-state index is -4.90. The number of rotatable bonds is 6. The van der Waals surface area contributed by atoms with Gasteiger partial charge >= 0.3 is 6.18 Å². The Labute approximate surface area is 228 Å². The van der Waals surface area contributed by atoms with Crippen LogP contribution in [-0.4, -0.2) is 42.2 Å². The molecule has 1 atom stereocenters. The summed E-state index contributed by atoms with van der Waals surface area (Å²) in [6, 6.07) is 5.63. The second-order valence-electron chi connectivity index (χ2n) is 9.13. The number of carbonyl (C=O) groups is 2. The van der Waals surface area contributed by atoms with Gasteiger partial charge in [0.25, 0.3) is 17.4 Å². The van der Waals surface area contributed by atoms with E-state index in [9.17, 15) is 31.5 Å². The van der Waals surface area contributed by atoms with Gasteiger partial charge in [-0.2, -0.15) is 13.2 Å². The smallest absolute Gasteiger partial charge is 0.374 e. The Hall–Kier alpha value is -2.63. The van der Waals surface area contributed by atoms with Crippen molar-refractivity contribution in [2.24, 2.45) is 5.16 Å². The van der Waals surface area contributed by atoms with Crippen LogP contribution >= 0.6 is 34.8 Å². The summed E-state index contributed by atoms with van der Waals surface area (Å²) in [4.78, 5) is 29.4. The van der Waals surface area contributed by atoms with Crippen LogP contribution < -0.4 is 10.6 Å². The highest BCUT2D eigenvalue weighted by molar-refractivity contribution is 6.48. The molecule has 1 heterocycles. The molecule has 1 aliphatic heterocycles. The topological polar surface area (TPSA) is 79.8 Å². The fourth-order valence-corrected chi connectivity index (χ4v) is 4.84. The maximum atomic E-state index is 14.3. The Morgan fingerprint density at radius 2 is 1.74 bits per heavy atom. The molecule has 1 unspecified atom stereocenters. The summed E-state index contributed by atoms with van der Waals surface area (Å²) < 4.78 is 68.5. The van der Waals surface area contributed by atoms with Crippen LogP contribution in [0, 0.1) is 6.92 Å². The molecule has 0 bridgehead atoms. The monoisotopic (exact) mass is 597 g/mol. The molecule has 0 radical (unpaired) electrons. The number of alkyl halides is 5. The molecule has 6 nitrogen and oxygen atoms in total. The summed E-state index contributed by atoms with van der Waals surface area (Å²) in [6.07, 6.45) is -6.50. The highest BCUT2D eigenvalue weighted by Gasteiger charge is 2.62. The van der Waals surface area contributed by atoms with Crippen molar-refractivity contribution in [3.05, 3.63) is 67.7 Å². The number of oxime groups is 1. The third-order valence-electron chi connectivity index (χ3n) is 6.31. The second-order valence-corrected chi connectivity index (χ2v) is 10.3. The van der Waals surface area contributed by atoms with Crippen LogP contribution in [-0.2, 0) is 15.2 Å². The zero-order chi connectivity index (χ0) is 28.0. The van der Waals surface area contributed by atoms with Crippen molar-refractivity contribution >= 4 is 52.3 Å². The van der Waals surface area contributed by atoms with Gasteiger partial charge in [0.1, 0.15) is 0 Å². The molecule has 2 N–H and O–H groups in total. The first kappa shape index (κ1) is 28.4. The Balaban J connectivity index is 1.46. The third kappa shape index (κ3) is 5.55. The maximum Gasteiger partial charge on any atom is 0.435 e. The standard InChI is InChI=1S/C24H19Cl3F5N3O3/c1-11-4-12(2-3-15(11)21(37)33-10-19(36)34-14-7-22(28,29)8-14)18-9-23(38-35-18,24(30,31)32)13-5-16(25)20(27)17(26)6-13/h2-6,14H,7-10H2,1H3,(H,33,37)(H,34,36). The first-order valence-electron chi connectivity index (χ1n) is 11.1. The Morgan fingerprint density at radius 1 is 1.11 bits per heavy atom. The lowest BCUT2D eigenvalue weighted by Crippen LogP contribution is -2.52. The van der Waals surface area contributed by atoms with Crippen LogP contribution in [0.3, 0.4) is 0 Å². The average molecular weight is 599 g/mol. The van der Waals surface area contributed by atoms with Crippen molar-refractivity contribution in [3.8, 4) is 0 Å². The summed E-state index contributed by atoms with van der Waals surface area (Å²) >= 11 is 17.8. The van der Waals surface area contributed by atoms with E-state index in [0.29, 0.717) is 5.56 Å². The van der Waals surface area contributed by atoms with Crippen molar-refractivity contribution in [3.63, 3.8) is 0 Å². The summed E-state index contributed by atoms with van der Waals surface area (Å²) in [5.74, 6) is -4.03. The molecule has 1 saturated carbocycles. The average Bonchev–Trinajstić information content (AvgIpc) is 3.26. The summed E-state index contributed by atoms with van der Waals surface area (Å²) in [5.41, 5.74) is -2.43. The predicted octanol–water partition coefficient (Wildman–Crippen LogP) is 6.18. The molecule has 38 heavy (non-hydrogen) atoms. The molecule has 2 aromatic carbocycles. The summed E-state index contributed by atoms with van der Waals surface area (Å²) in [6.45, 7) is 1.13. The predicted molar refractivity (Wildman–Crippen MR) is 131 cm³/mol. The fourth-order valence-electron chi connectivity index (χ4n) is 4.24. The van der Waals surface area contributed by atoms with Crippen molar-refractivity contribution in [1.29, 1.82) is 0 Å². The molecule has 14 heteroatoms. The number of carbonyl (C=O) groups excluding carboxylic acids is 2. The summed E-state index contributed by atoms with van der Waals surface area (Å²) in [5, 5.41) is 8.02. The molecule has 0 aromatic heterocycles. The van der Waals surface area contributed by atoms with E-state index in [2.05, 4.69) is 15.8 Å². The molecule has 1 aliphatic carbocycles. The quantitative estimate of drug-likeness (QED) is 0.308. The highest BCUT2D eigenvalue weighted by Crippen LogP contribution is 2.50. The lowest BCUT2D eigenvalue weighted by atomic mass is 9.86. The largest absolute Gasteiger partial charge is 0.435 e. The number of benzene rings is 2. The van der Waals surface area contributed by atoms with Crippen LogP contribution in [0.15, 0.2) is 35.5 Å². The third-order valence-corrected chi connectivity index (χ3v) is 7.50. The van der Waals surface area contributed by atoms with E-state index in [1.165, 1.54) is 18.2 Å². The van der Waals surface area contributed by atoms with Gasteiger partial charge in [0.05, 0.1) is 27.3 Å². The minimum absolute atomic E-state index is 0.0312.